The molecule has 4 heteroatoms. The third-order valence-corrected chi connectivity index (χ3v) is 3.10. The van der Waals surface area contributed by atoms with Gasteiger partial charge in [0.2, 0.25) is 0 Å². The van der Waals surface area contributed by atoms with Crippen molar-refractivity contribution in [2.45, 2.75) is 6.04 Å². The summed E-state index contributed by atoms with van der Waals surface area (Å²) in [7, 11) is 0. The first-order chi connectivity index (χ1) is 7.81. The lowest BCUT2D eigenvalue weighted by Crippen LogP contribution is -2.06. The minimum absolute atomic E-state index is 0.152. The topological polar surface area (TPSA) is 56.0 Å². The van der Waals surface area contributed by atoms with Crippen LogP contribution in [0.15, 0.2) is 41.8 Å². The molecule has 2 rings (SSSR count). The Morgan fingerprint density at radius 2 is 2.06 bits per heavy atom. The van der Waals surface area contributed by atoms with E-state index in [1.807, 2.05) is 23.6 Å². The summed E-state index contributed by atoms with van der Waals surface area (Å²) in [6.07, 6.45) is 0. The van der Waals surface area contributed by atoms with Crippen molar-refractivity contribution in [1.82, 2.24) is 0 Å². The average Bonchev–Trinajstić information content (AvgIpc) is 2.81. The number of thiophene rings is 1. The zero-order chi connectivity index (χ0) is 11.4. The van der Waals surface area contributed by atoms with E-state index in [1.165, 1.54) is 11.3 Å². The molecule has 2 aromatic rings. The fourth-order valence-corrected chi connectivity index (χ4v) is 2.09. The summed E-state index contributed by atoms with van der Waals surface area (Å²) < 4.78 is 0. The monoisotopic (exact) mass is 230 g/mol. The van der Waals surface area contributed by atoms with Crippen molar-refractivity contribution in [2.24, 2.45) is 0 Å². The number of benzene rings is 1. The van der Waals surface area contributed by atoms with Crippen LogP contribution in [0.4, 0.5) is 5.69 Å². The molecule has 0 radical (unpaired) electrons. The summed E-state index contributed by atoms with van der Waals surface area (Å²) in [4.78, 5) is 0.936. The molecule has 0 saturated heterocycles. The number of nitrogens with one attached hydrogen (secondary N) is 1. The lowest BCUT2D eigenvalue weighted by molar-refractivity contribution is 0.477. The summed E-state index contributed by atoms with van der Waals surface area (Å²) >= 11 is 1.51. The second-order valence-corrected chi connectivity index (χ2v) is 4.22. The van der Waals surface area contributed by atoms with Crippen LogP contribution in [0, 0.1) is 11.3 Å². The highest BCUT2D eigenvalue weighted by molar-refractivity contribution is 7.10. The lowest BCUT2D eigenvalue weighted by atomic mass is 10.2. The Kier molecular flexibility index (Phi) is 3.08. The first kappa shape index (κ1) is 10.5. The van der Waals surface area contributed by atoms with E-state index in [0.717, 1.165) is 4.88 Å². The van der Waals surface area contributed by atoms with Crippen molar-refractivity contribution in [1.29, 1.82) is 5.26 Å². The highest BCUT2D eigenvalue weighted by atomic mass is 32.1. The van der Waals surface area contributed by atoms with Crippen LogP contribution in [-0.4, -0.2) is 5.11 Å². The minimum atomic E-state index is -0.423. The van der Waals surface area contributed by atoms with Crippen molar-refractivity contribution in [3.63, 3.8) is 0 Å². The Morgan fingerprint density at radius 3 is 2.69 bits per heavy atom. The zero-order valence-corrected chi connectivity index (χ0v) is 9.24. The normalized spacial score (nSPS) is 11.7. The molecule has 0 spiro atoms. The Hall–Kier alpha value is -1.99. The number of rotatable bonds is 3. The van der Waals surface area contributed by atoms with Gasteiger partial charge in [-0.2, -0.15) is 5.26 Å². The van der Waals surface area contributed by atoms with Crippen molar-refractivity contribution in [2.75, 3.05) is 5.32 Å². The number of aromatic hydroxyl groups is 1. The van der Waals surface area contributed by atoms with E-state index in [2.05, 4.69) is 11.4 Å². The van der Waals surface area contributed by atoms with Gasteiger partial charge in [0.1, 0.15) is 11.8 Å². The molecule has 0 amide bonds. The van der Waals surface area contributed by atoms with Gasteiger partial charge in [0.15, 0.2) is 0 Å². The maximum atomic E-state index is 9.58. The predicted molar refractivity (Wildman–Crippen MR) is 64.4 cm³/mol. The summed E-state index contributed by atoms with van der Waals surface area (Å²) in [5.74, 6) is 0.152. The minimum Gasteiger partial charge on any atom is -0.506 e. The highest BCUT2D eigenvalue weighted by Crippen LogP contribution is 2.28. The number of hydrogen-bond donors (Lipinski definition) is 2. The summed E-state index contributed by atoms with van der Waals surface area (Å²) in [6, 6.07) is 12.4. The first-order valence-electron chi connectivity index (χ1n) is 4.79. The molecule has 0 aliphatic rings. The molecule has 0 aliphatic carbocycles. The number of nitriles is 1. The van der Waals surface area contributed by atoms with Crippen LogP contribution >= 0.6 is 11.3 Å². The molecule has 1 heterocycles. The molecular formula is C12H10N2OS. The smallest absolute Gasteiger partial charge is 0.149 e. The number of hydrogen-bond acceptors (Lipinski definition) is 4. The van der Waals surface area contributed by atoms with E-state index >= 15 is 0 Å². The van der Waals surface area contributed by atoms with Gasteiger partial charge >= 0.3 is 0 Å². The fourth-order valence-electron chi connectivity index (χ4n) is 1.37. The van der Waals surface area contributed by atoms with Gasteiger partial charge in [-0.3, -0.25) is 0 Å². The maximum absolute atomic E-state index is 9.58. The molecule has 80 valence electrons. The third kappa shape index (κ3) is 2.15. The van der Waals surface area contributed by atoms with Gasteiger partial charge in [0.25, 0.3) is 0 Å². The van der Waals surface area contributed by atoms with E-state index in [1.54, 1.807) is 18.2 Å². The van der Waals surface area contributed by atoms with Gasteiger partial charge < -0.3 is 10.4 Å². The fraction of sp³-hybridized carbons (Fsp3) is 0.0833. The van der Waals surface area contributed by atoms with Crippen LogP contribution in [0.2, 0.25) is 0 Å². The Labute approximate surface area is 97.6 Å². The molecule has 1 aromatic carbocycles. The van der Waals surface area contributed by atoms with Gasteiger partial charge in [-0.05, 0) is 23.6 Å². The predicted octanol–water partition coefficient (Wildman–Crippen LogP) is 3.13. The molecule has 0 saturated carbocycles. The molecule has 3 nitrogen and oxygen atoms in total. The van der Waals surface area contributed by atoms with Crippen molar-refractivity contribution < 1.29 is 5.11 Å². The number of phenols is 1. The second kappa shape index (κ2) is 4.69. The van der Waals surface area contributed by atoms with E-state index in [-0.39, 0.29) is 5.75 Å². The van der Waals surface area contributed by atoms with Gasteiger partial charge in [-0.15, -0.1) is 11.3 Å². The van der Waals surface area contributed by atoms with Crippen LogP contribution in [0.25, 0.3) is 0 Å². The van der Waals surface area contributed by atoms with E-state index in [4.69, 9.17) is 5.26 Å². The van der Waals surface area contributed by atoms with Crippen LogP contribution < -0.4 is 5.32 Å². The van der Waals surface area contributed by atoms with Crippen molar-refractivity contribution >= 4 is 17.0 Å². The molecule has 0 aliphatic heterocycles. The maximum Gasteiger partial charge on any atom is 0.149 e. The quantitative estimate of drug-likeness (QED) is 0.796. The van der Waals surface area contributed by atoms with E-state index in [9.17, 15) is 5.11 Å². The summed E-state index contributed by atoms with van der Waals surface area (Å²) in [5.41, 5.74) is 0.572. The van der Waals surface area contributed by atoms with E-state index in [0.29, 0.717) is 5.69 Å². The highest BCUT2D eigenvalue weighted by Gasteiger charge is 2.12. The summed E-state index contributed by atoms with van der Waals surface area (Å²) in [6.45, 7) is 0. The number of phenolic OH excluding ortho intramolecular Hbond substituents is 1. The number of para-hydroxylation sites is 2. The largest absolute Gasteiger partial charge is 0.506 e. The molecular weight excluding hydrogens is 220 g/mol. The second-order valence-electron chi connectivity index (χ2n) is 3.24. The third-order valence-electron chi connectivity index (χ3n) is 2.16. The molecule has 0 fully saturated rings. The summed E-state index contributed by atoms with van der Waals surface area (Å²) in [5, 5.41) is 23.6. The average molecular weight is 230 g/mol. The van der Waals surface area contributed by atoms with Crippen molar-refractivity contribution in [3.05, 3.63) is 46.7 Å². The van der Waals surface area contributed by atoms with Gasteiger partial charge in [0, 0.05) is 4.88 Å². The van der Waals surface area contributed by atoms with E-state index < -0.39 is 6.04 Å². The Bertz CT molecular complexity index is 502. The molecule has 1 aromatic heterocycles. The van der Waals surface area contributed by atoms with Gasteiger partial charge in [0.05, 0.1) is 11.8 Å². The zero-order valence-electron chi connectivity index (χ0n) is 8.42. The van der Waals surface area contributed by atoms with Crippen LogP contribution in [0.5, 0.6) is 5.75 Å². The number of nitrogens with zero attached hydrogens (tertiary/aromatic N) is 1. The van der Waals surface area contributed by atoms with Crippen LogP contribution in [-0.2, 0) is 0 Å². The Morgan fingerprint density at radius 1 is 1.25 bits per heavy atom. The standard InChI is InChI=1S/C12H10N2OS/c13-8-10(12-6-3-7-16-12)14-9-4-1-2-5-11(9)15/h1-7,10,14-15H/t10-/m0/s1. The van der Waals surface area contributed by atoms with Crippen LogP contribution in [0.1, 0.15) is 10.9 Å². The Balaban J connectivity index is 2.21. The first-order valence-corrected chi connectivity index (χ1v) is 5.67. The molecule has 0 unspecified atom stereocenters. The molecule has 0 bridgehead atoms. The lowest BCUT2D eigenvalue weighted by Gasteiger charge is -2.12. The number of anilines is 1. The molecule has 16 heavy (non-hydrogen) atoms. The van der Waals surface area contributed by atoms with Gasteiger partial charge in [-0.25, -0.2) is 0 Å². The molecule has 2 N–H and O–H groups in total. The van der Waals surface area contributed by atoms with Crippen LogP contribution in [0.3, 0.4) is 0 Å². The SMILES string of the molecule is N#C[C@H](Nc1ccccc1O)c1cccs1. The van der Waals surface area contributed by atoms with Gasteiger partial charge in [-0.1, -0.05) is 18.2 Å². The molecule has 1 atom stereocenters. The van der Waals surface area contributed by atoms with Crippen molar-refractivity contribution in [3.8, 4) is 11.8 Å².